The van der Waals surface area contributed by atoms with Crippen LogP contribution in [0.5, 0.6) is 0 Å². The van der Waals surface area contributed by atoms with Crippen LogP contribution in [-0.4, -0.2) is 60.9 Å². The molecule has 0 aromatic rings. The summed E-state index contributed by atoms with van der Waals surface area (Å²) < 4.78 is 9.43. The average Bonchev–Trinajstić information content (AvgIpc) is 2.69. The molecule has 16 heavy (non-hydrogen) atoms. The minimum Gasteiger partial charge on any atom is -0.446 e. The number of aliphatic hydroxyl groups is 2. The summed E-state index contributed by atoms with van der Waals surface area (Å²) in [6.07, 6.45) is -1.83. The maximum absolute atomic E-state index is 11.1. The van der Waals surface area contributed by atoms with Crippen molar-refractivity contribution < 1.29 is 29.3 Å². The molecular formula is C8H14N2O6. The zero-order chi connectivity index (χ0) is 12.0. The molecule has 0 aromatic heterocycles. The third-order valence-electron chi connectivity index (χ3n) is 1.91. The Morgan fingerprint density at radius 2 is 2.31 bits per heavy atom. The second kappa shape index (κ2) is 6.13. The minimum absolute atomic E-state index is 0.0752. The van der Waals surface area contributed by atoms with E-state index in [0.717, 1.165) is 0 Å². The third-order valence-corrected chi connectivity index (χ3v) is 1.91. The minimum atomic E-state index is -0.781. The first-order valence-electron chi connectivity index (χ1n) is 4.75. The van der Waals surface area contributed by atoms with Crippen LogP contribution in [0.4, 0.5) is 9.59 Å². The molecule has 4 N–H and O–H groups in total. The lowest BCUT2D eigenvalue weighted by Crippen LogP contribution is -2.41. The second-order valence-corrected chi connectivity index (χ2v) is 3.21. The summed E-state index contributed by atoms with van der Waals surface area (Å²) in [5.74, 6) is 0. The number of carbonyl (C=O) groups excluding carboxylic acids is 2. The van der Waals surface area contributed by atoms with Crippen LogP contribution in [-0.2, 0) is 9.47 Å². The number of rotatable bonds is 5. The molecule has 8 heteroatoms. The van der Waals surface area contributed by atoms with E-state index in [0.29, 0.717) is 0 Å². The van der Waals surface area contributed by atoms with Crippen molar-refractivity contribution in [2.75, 3.05) is 26.4 Å². The highest BCUT2D eigenvalue weighted by Gasteiger charge is 2.24. The number of amides is 2. The summed E-state index contributed by atoms with van der Waals surface area (Å²) in [4.78, 5) is 21.7. The van der Waals surface area contributed by atoms with Gasteiger partial charge in [-0.3, -0.25) is 0 Å². The molecular weight excluding hydrogens is 220 g/mol. The molecule has 1 saturated heterocycles. The molecule has 1 rings (SSSR count). The Morgan fingerprint density at radius 3 is 2.81 bits per heavy atom. The van der Waals surface area contributed by atoms with Gasteiger partial charge in [0.25, 0.3) is 0 Å². The van der Waals surface area contributed by atoms with E-state index >= 15 is 0 Å². The molecule has 1 heterocycles. The van der Waals surface area contributed by atoms with Crippen LogP contribution < -0.4 is 10.6 Å². The summed E-state index contributed by atoms with van der Waals surface area (Å²) in [6.45, 7) is -0.555. The Hall–Kier alpha value is -1.54. The van der Waals surface area contributed by atoms with Gasteiger partial charge in [0, 0.05) is 0 Å². The van der Waals surface area contributed by atoms with E-state index in [2.05, 4.69) is 10.6 Å². The lowest BCUT2D eigenvalue weighted by molar-refractivity contribution is 0.0680. The molecule has 2 amide bonds. The maximum atomic E-state index is 11.1. The SMILES string of the molecule is O=C(NC(CO)CO)OC[C@@H]1CNC(=O)O1. The highest BCUT2D eigenvalue weighted by atomic mass is 16.6. The molecule has 1 aliphatic rings. The fourth-order valence-corrected chi connectivity index (χ4v) is 1.05. The van der Waals surface area contributed by atoms with Gasteiger partial charge in [-0.15, -0.1) is 0 Å². The largest absolute Gasteiger partial charge is 0.446 e. The highest BCUT2D eigenvalue weighted by Crippen LogP contribution is 2.00. The van der Waals surface area contributed by atoms with Gasteiger partial charge in [-0.1, -0.05) is 0 Å². The van der Waals surface area contributed by atoms with E-state index in [1.165, 1.54) is 0 Å². The van der Waals surface area contributed by atoms with Gasteiger partial charge < -0.3 is 30.3 Å². The number of alkyl carbamates (subject to hydrolysis) is 2. The molecule has 92 valence electrons. The van der Waals surface area contributed by atoms with Crippen molar-refractivity contribution in [2.45, 2.75) is 12.1 Å². The van der Waals surface area contributed by atoms with Crippen LogP contribution in [0.15, 0.2) is 0 Å². The summed E-state index contributed by atoms with van der Waals surface area (Å²) in [5.41, 5.74) is 0. The first kappa shape index (κ1) is 12.5. The van der Waals surface area contributed by atoms with E-state index in [4.69, 9.17) is 19.7 Å². The Labute approximate surface area is 91.5 Å². The second-order valence-electron chi connectivity index (χ2n) is 3.21. The lowest BCUT2D eigenvalue weighted by Gasteiger charge is -2.14. The molecule has 0 bridgehead atoms. The highest BCUT2D eigenvalue weighted by molar-refractivity contribution is 5.70. The van der Waals surface area contributed by atoms with Crippen molar-refractivity contribution >= 4 is 12.2 Å². The Bertz CT molecular complexity index is 255. The van der Waals surface area contributed by atoms with Gasteiger partial charge in [0.15, 0.2) is 6.10 Å². The van der Waals surface area contributed by atoms with Crippen LogP contribution in [0, 0.1) is 0 Å². The Morgan fingerprint density at radius 1 is 1.62 bits per heavy atom. The number of carbonyl (C=O) groups is 2. The van der Waals surface area contributed by atoms with Crippen molar-refractivity contribution in [3.05, 3.63) is 0 Å². The van der Waals surface area contributed by atoms with E-state index in [1.54, 1.807) is 0 Å². The van der Waals surface area contributed by atoms with Crippen LogP contribution in [0.2, 0.25) is 0 Å². The van der Waals surface area contributed by atoms with Gasteiger partial charge in [0.05, 0.1) is 25.8 Å². The van der Waals surface area contributed by atoms with E-state index in [-0.39, 0.29) is 26.4 Å². The van der Waals surface area contributed by atoms with Gasteiger partial charge in [0.1, 0.15) is 6.61 Å². The van der Waals surface area contributed by atoms with Crippen LogP contribution in [0.3, 0.4) is 0 Å². The normalized spacial score (nSPS) is 19.2. The number of nitrogens with one attached hydrogen (secondary N) is 2. The Kier molecular flexibility index (Phi) is 4.80. The van der Waals surface area contributed by atoms with Gasteiger partial charge in [-0.25, -0.2) is 9.59 Å². The van der Waals surface area contributed by atoms with E-state index < -0.39 is 24.3 Å². The molecule has 0 radical (unpaired) electrons. The first-order chi connectivity index (χ1) is 7.65. The van der Waals surface area contributed by atoms with Gasteiger partial charge in [-0.2, -0.15) is 0 Å². The predicted octanol–water partition coefficient (Wildman–Crippen LogP) is -1.83. The molecule has 0 saturated carbocycles. The topological polar surface area (TPSA) is 117 Å². The quantitative estimate of drug-likeness (QED) is 0.444. The zero-order valence-corrected chi connectivity index (χ0v) is 8.51. The van der Waals surface area contributed by atoms with Crippen molar-refractivity contribution in [1.29, 1.82) is 0 Å². The van der Waals surface area contributed by atoms with E-state index in [9.17, 15) is 9.59 Å². The molecule has 0 unspecified atom stereocenters. The number of aliphatic hydroxyl groups excluding tert-OH is 2. The molecule has 0 aromatic carbocycles. The van der Waals surface area contributed by atoms with E-state index in [1.807, 2.05) is 0 Å². The van der Waals surface area contributed by atoms with Crippen molar-refractivity contribution in [2.24, 2.45) is 0 Å². The number of ether oxygens (including phenoxy) is 2. The van der Waals surface area contributed by atoms with Crippen molar-refractivity contribution in [1.82, 2.24) is 10.6 Å². The number of cyclic esters (lactones) is 1. The first-order valence-corrected chi connectivity index (χ1v) is 4.75. The standard InChI is InChI=1S/C8H14N2O6/c11-2-5(3-12)10-8(14)15-4-6-1-9-7(13)16-6/h5-6,11-12H,1-4H2,(H,9,13)(H,10,14)/t6-/m0/s1. The fraction of sp³-hybridized carbons (Fsp3) is 0.750. The monoisotopic (exact) mass is 234 g/mol. The number of hydrogen-bond acceptors (Lipinski definition) is 6. The zero-order valence-electron chi connectivity index (χ0n) is 8.51. The van der Waals surface area contributed by atoms with Crippen molar-refractivity contribution in [3.8, 4) is 0 Å². The molecule has 1 fully saturated rings. The van der Waals surface area contributed by atoms with Crippen LogP contribution in [0.25, 0.3) is 0 Å². The van der Waals surface area contributed by atoms with Crippen molar-refractivity contribution in [3.63, 3.8) is 0 Å². The predicted molar refractivity (Wildman–Crippen MR) is 50.7 cm³/mol. The summed E-state index contributed by atoms with van der Waals surface area (Å²) in [5, 5.41) is 22.0. The summed E-state index contributed by atoms with van der Waals surface area (Å²) >= 11 is 0. The molecule has 0 spiro atoms. The lowest BCUT2D eigenvalue weighted by atomic mass is 10.3. The molecule has 1 atom stereocenters. The van der Waals surface area contributed by atoms with Gasteiger partial charge in [-0.05, 0) is 0 Å². The van der Waals surface area contributed by atoms with Gasteiger partial charge >= 0.3 is 12.2 Å². The third kappa shape index (κ3) is 3.91. The Balaban J connectivity index is 2.17. The molecule has 1 aliphatic heterocycles. The van der Waals surface area contributed by atoms with Crippen LogP contribution in [0.1, 0.15) is 0 Å². The summed E-state index contributed by atoms with van der Waals surface area (Å²) in [6, 6.07) is -0.753. The molecule has 8 nitrogen and oxygen atoms in total. The molecule has 0 aliphatic carbocycles. The summed E-state index contributed by atoms with van der Waals surface area (Å²) in [7, 11) is 0. The van der Waals surface area contributed by atoms with Crippen LogP contribution >= 0.6 is 0 Å². The average molecular weight is 234 g/mol. The maximum Gasteiger partial charge on any atom is 0.407 e. The fourth-order valence-electron chi connectivity index (χ4n) is 1.05. The smallest absolute Gasteiger partial charge is 0.407 e. The van der Waals surface area contributed by atoms with Gasteiger partial charge in [0.2, 0.25) is 0 Å². The number of hydrogen-bond donors (Lipinski definition) is 4.